The van der Waals surface area contributed by atoms with E-state index in [1.165, 1.54) is 54.4 Å². The molecule has 10 heteroatoms. The average molecular weight is 1350 g/mol. The maximum atomic E-state index is 5.82. The average Bonchev–Trinajstić information content (AvgIpc) is 1.50. The molecule has 9 nitrogen and oxygen atoms in total. The summed E-state index contributed by atoms with van der Waals surface area (Å²) in [5.74, 6) is 3.37. The Morgan fingerprint density at radius 3 is 1.33 bits per heavy atom. The van der Waals surface area contributed by atoms with Crippen LogP contribution in [0, 0.1) is 0 Å². The van der Waals surface area contributed by atoms with Crippen LogP contribution in [0.1, 0.15) is 22.3 Å². The highest BCUT2D eigenvalue weighted by Crippen LogP contribution is 2.64. The van der Waals surface area contributed by atoms with E-state index in [-0.39, 0.29) is 0 Å². The van der Waals surface area contributed by atoms with Crippen molar-refractivity contribution in [2.75, 3.05) is 0 Å². The van der Waals surface area contributed by atoms with Crippen LogP contribution in [0.4, 0.5) is 0 Å². The van der Waals surface area contributed by atoms with Crippen LogP contribution in [0.25, 0.3) is 193 Å². The van der Waals surface area contributed by atoms with Crippen molar-refractivity contribution in [3.63, 3.8) is 0 Å². The highest BCUT2D eigenvalue weighted by Gasteiger charge is 2.52. The highest BCUT2D eigenvalue weighted by atomic mass is 32.1. The first-order valence-electron chi connectivity index (χ1n) is 35.6. The fourth-order valence-corrected chi connectivity index (χ4v) is 19.2. The second-order valence-corrected chi connectivity index (χ2v) is 28.6. The van der Waals surface area contributed by atoms with Crippen molar-refractivity contribution < 1.29 is 0 Å². The van der Waals surface area contributed by atoms with E-state index in [4.69, 9.17) is 29.9 Å². The first-order valence-corrected chi connectivity index (χ1v) is 36.4. The van der Waals surface area contributed by atoms with Crippen molar-refractivity contribution in [3.05, 3.63) is 356 Å². The molecule has 0 saturated heterocycles. The van der Waals surface area contributed by atoms with E-state index in [1.807, 2.05) is 35.6 Å². The third-order valence-corrected chi connectivity index (χ3v) is 23.4. The van der Waals surface area contributed by atoms with Gasteiger partial charge in [0.2, 0.25) is 17.8 Å². The van der Waals surface area contributed by atoms with E-state index in [0.29, 0.717) is 35.3 Å². The van der Waals surface area contributed by atoms with Crippen LogP contribution in [0.5, 0.6) is 0 Å². The summed E-state index contributed by atoms with van der Waals surface area (Å²) in [4.78, 5) is 33.5. The molecule has 0 fully saturated rings. The normalized spacial score (nSPS) is 12.8. The zero-order valence-corrected chi connectivity index (χ0v) is 57.0. The Hall–Kier alpha value is -13.8. The molecule has 15 aromatic carbocycles. The number of hydrogen-bond donors (Lipinski definition) is 0. The van der Waals surface area contributed by atoms with E-state index in [0.717, 1.165) is 125 Å². The van der Waals surface area contributed by atoms with Crippen LogP contribution in [0.2, 0.25) is 0 Å². The predicted molar refractivity (Wildman–Crippen MR) is 430 cm³/mol. The number of nitrogens with zero attached hydrogens (tertiary/aromatic N) is 9. The summed E-state index contributed by atoms with van der Waals surface area (Å²) < 4.78 is 9.16. The molecule has 23 rings (SSSR count). The van der Waals surface area contributed by atoms with E-state index in [2.05, 4.69) is 323 Å². The molecule has 0 radical (unpaired) electrons. The molecule has 21 aromatic rings. The summed E-state index contributed by atoms with van der Waals surface area (Å²) in [5, 5.41) is 11.4. The minimum Gasteiger partial charge on any atom is -0.278 e. The number of fused-ring (bicyclic) bond motifs is 26. The van der Waals surface area contributed by atoms with Crippen LogP contribution in [-0.4, -0.2) is 43.6 Å². The lowest BCUT2D eigenvalue weighted by atomic mass is 9.70. The molecule has 0 saturated carbocycles. The van der Waals surface area contributed by atoms with E-state index >= 15 is 0 Å². The molecule has 0 aliphatic heterocycles. The Kier molecular flexibility index (Phi) is 12.2. The highest BCUT2D eigenvalue weighted by molar-refractivity contribution is 7.27. The van der Waals surface area contributed by atoms with Crippen molar-refractivity contribution in [1.82, 2.24) is 43.6 Å². The quantitative estimate of drug-likeness (QED) is 0.150. The Labute approximate surface area is 605 Å². The van der Waals surface area contributed by atoms with Gasteiger partial charge in [-0.1, -0.05) is 291 Å². The Morgan fingerprint density at radius 1 is 0.238 bits per heavy atom. The van der Waals surface area contributed by atoms with Crippen molar-refractivity contribution in [2.24, 2.45) is 0 Å². The van der Waals surface area contributed by atoms with Crippen molar-refractivity contribution in [3.8, 4) is 96.5 Å². The summed E-state index contributed by atoms with van der Waals surface area (Å²) in [6.07, 6.45) is 0. The number of benzene rings is 15. The third-order valence-electron chi connectivity index (χ3n) is 22.2. The minimum atomic E-state index is -0.565. The molecule has 486 valence electrons. The SMILES string of the molecule is c1ccc(-c2ccc(-c3nc(-c4ccccc4)nc(-n4c5ccccc5c5c6ccc(-c7cccc8c7c7ccccc7n8-c7nc(-c8cccc9c8-c8ccccc8C98c9ccccc9-c9ccccc98)nc(-n8c9ccccc9c9ccccc98)n7)cc6c6c7ccccc7sc6c54)n3)cc2)cc1. The minimum absolute atomic E-state index is 0.515. The number of thiophene rings is 1. The Balaban J connectivity index is 0.752. The van der Waals surface area contributed by atoms with Gasteiger partial charge in [0.05, 0.1) is 43.2 Å². The topological polar surface area (TPSA) is 92.1 Å². The van der Waals surface area contributed by atoms with Gasteiger partial charge in [0.15, 0.2) is 17.5 Å². The number of para-hydroxylation sites is 4. The molecule has 0 atom stereocenters. The Morgan fingerprint density at radius 2 is 0.667 bits per heavy atom. The largest absolute Gasteiger partial charge is 0.278 e. The summed E-state index contributed by atoms with van der Waals surface area (Å²) in [5.41, 5.74) is 22.5. The first-order chi connectivity index (χ1) is 52.1. The van der Waals surface area contributed by atoms with E-state index in [1.54, 1.807) is 0 Å². The molecule has 2 aliphatic carbocycles. The zero-order chi connectivity index (χ0) is 68.6. The maximum absolute atomic E-state index is 5.82. The second-order valence-electron chi connectivity index (χ2n) is 27.5. The van der Waals surface area contributed by atoms with Gasteiger partial charge in [-0.2, -0.15) is 24.9 Å². The van der Waals surface area contributed by atoms with Crippen LogP contribution in [0.15, 0.2) is 334 Å². The molecule has 0 amide bonds. The van der Waals surface area contributed by atoms with Gasteiger partial charge in [-0.3, -0.25) is 13.7 Å². The van der Waals surface area contributed by atoms with Gasteiger partial charge in [-0.15, -0.1) is 11.3 Å². The molecular formula is C95H55N9S. The molecule has 6 heterocycles. The third kappa shape index (κ3) is 8.16. The lowest BCUT2D eigenvalue weighted by molar-refractivity contribution is 0.793. The molecule has 1 spiro atoms. The van der Waals surface area contributed by atoms with Gasteiger partial charge in [0.1, 0.15) is 0 Å². The Bertz CT molecular complexity index is 7190. The lowest BCUT2D eigenvalue weighted by Crippen LogP contribution is -2.25. The predicted octanol–water partition coefficient (Wildman–Crippen LogP) is 23.5. The molecule has 6 aromatic heterocycles. The first kappa shape index (κ1) is 57.9. The fourth-order valence-electron chi connectivity index (χ4n) is 17.9. The molecule has 0 unspecified atom stereocenters. The smallest absolute Gasteiger partial charge is 0.240 e. The van der Waals surface area contributed by atoms with Gasteiger partial charge in [0, 0.05) is 64.5 Å². The van der Waals surface area contributed by atoms with E-state index in [9.17, 15) is 0 Å². The van der Waals surface area contributed by atoms with Crippen molar-refractivity contribution in [2.45, 2.75) is 5.41 Å². The summed E-state index contributed by atoms with van der Waals surface area (Å²) >= 11 is 1.82. The number of aromatic nitrogens is 9. The van der Waals surface area contributed by atoms with Gasteiger partial charge in [0.25, 0.3) is 0 Å². The summed E-state index contributed by atoms with van der Waals surface area (Å²) in [6, 6.07) is 120. The van der Waals surface area contributed by atoms with Crippen molar-refractivity contribution in [1.29, 1.82) is 0 Å². The lowest BCUT2D eigenvalue weighted by Gasteiger charge is -2.30. The van der Waals surface area contributed by atoms with Crippen LogP contribution < -0.4 is 0 Å². The van der Waals surface area contributed by atoms with Gasteiger partial charge < -0.3 is 0 Å². The number of hydrogen-bond acceptors (Lipinski definition) is 7. The summed E-state index contributed by atoms with van der Waals surface area (Å²) in [6.45, 7) is 0. The van der Waals surface area contributed by atoms with Crippen LogP contribution in [-0.2, 0) is 5.41 Å². The zero-order valence-electron chi connectivity index (χ0n) is 56.2. The van der Waals surface area contributed by atoms with Gasteiger partial charge in [-0.05, 0) is 120 Å². The molecular weight excluding hydrogens is 1300 g/mol. The molecule has 105 heavy (non-hydrogen) atoms. The monoisotopic (exact) mass is 1350 g/mol. The van der Waals surface area contributed by atoms with E-state index < -0.39 is 5.41 Å². The standard InChI is InChI=1S/C95H55N9S/c1-3-25-56(26-4-1)57-49-51-59(52-50-57)90-96-89(58-27-5-2-6-28-58)97-92(98-90)104-80-46-21-13-35-69(80)85-66-54-53-60(55-72(66)86-70-36-14-22-48-82(70)105-88(86)87(85)104)61-37-24-47-81-84(61)68-34-12-20-45-79(68)103(81)94-100-91(99-93(101-94)102-77-43-18-10-31-64(77)65-32-11-19-44-78(65)102)71-38-23-42-76-83(71)67-33-9-17-41-75(67)95(76)73-39-15-7-29-62(73)63-30-8-16-40-74(63)95/h1-55H. The second kappa shape index (κ2) is 22.1. The molecule has 0 bridgehead atoms. The van der Waals surface area contributed by atoms with Crippen LogP contribution >= 0.6 is 11.3 Å². The molecule has 2 aliphatic rings. The summed E-state index contributed by atoms with van der Waals surface area (Å²) in [7, 11) is 0. The van der Waals surface area contributed by atoms with Gasteiger partial charge >= 0.3 is 0 Å². The van der Waals surface area contributed by atoms with Crippen molar-refractivity contribution >= 4 is 108 Å². The fraction of sp³-hybridized carbons (Fsp3) is 0.0105. The van der Waals surface area contributed by atoms with Gasteiger partial charge in [-0.25, -0.2) is 4.98 Å². The number of rotatable bonds is 8. The van der Waals surface area contributed by atoms with Crippen LogP contribution in [0.3, 0.4) is 0 Å². The molecule has 0 N–H and O–H groups in total. The maximum Gasteiger partial charge on any atom is 0.240 e.